The van der Waals surface area contributed by atoms with Crippen molar-refractivity contribution < 1.29 is 23.8 Å². The number of benzene rings is 1. The third-order valence-electron chi connectivity index (χ3n) is 2.62. The highest BCUT2D eigenvalue weighted by Crippen LogP contribution is 2.28. The molecule has 0 saturated carbocycles. The molecular formula is C14H14N2O5S. The van der Waals surface area contributed by atoms with Crippen LogP contribution in [0.4, 0.5) is 5.13 Å². The van der Waals surface area contributed by atoms with E-state index >= 15 is 0 Å². The fourth-order valence-corrected chi connectivity index (χ4v) is 2.16. The fraction of sp³-hybridized carbons (Fsp3) is 0.214. The van der Waals surface area contributed by atoms with Crippen LogP contribution in [0.1, 0.15) is 10.4 Å². The lowest BCUT2D eigenvalue weighted by Crippen LogP contribution is -2.20. The van der Waals surface area contributed by atoms with Crippen molar-refractivity contribution in [3.05, 3.63) is 35.3 Å². The maximum atomic E-state index is 11.7. The van der Waals surface area contributed by atoms with Gasteiger partial charge in [-0.2, -0.15) is 0 Å². The molecule has 1 heterocycles. The predicted octanol–water partition coefficient (Wildman–Crippen LogP) is 1.96. The van der Waals surface area contributed by atoms with E-state index in [4.69, 9.17) is 9.47 Å². The average Bonchev–Trinajstić information content (AvgIpc) is 3.04. The van der Waals surface area contributed by atoms with Gasteiger partial charge < -0.3 is 14.2 Å². The maximum Gasteiger partial charge on any atom is 0.337 e. The summed E-state index contributed by atoms with van der Waals surface area (Å²) in [4.78, 5) is 27.1. The molecular weight excluding hydrogens is 308 g/mol. The summed E-state index contributed by atoms with van der Waals surface area (Å²) in [5, 5.41) is 4.85. The van der Waals surface area contributed by atoms with E-state index in [1.165, 1.54) is 37.7 Å². The first-order chi connectivity index (χ1) is 10.6. The monoisotopic (exact) mass is 322 g/mol. The van der Waals surface area contributed by atoms with Crippen LogP contribution in [0.2, 0.25) is 0 Å². The van der Waals surface area contributed by atoms with Gasteiger partial charge in [-0.3, -0.25) is 10.1 Å². The first-order valence-electron chi connectivity index (χ1n) is 6.22. The Labute approximate surface area is 130 Å². The number of anilines is 1. The van der Waals surface area contributed by atoms with E-state index in [1.54, 1.807) is 17.6 Å². The van der Waals surface area contributed by atoms with Gasteiger partial charge in [-0.05, 0) is 18.2 Å². The first kappa shape index (κ1) is 15.8. The van der Waals surface area contributed by atoms with Crippen molar-refractivity contribution in [3.8, 4) is 11.5 Å². The summed E-state index contributed by atoms with van der Waals surface area (Å²) in [6.07, 6.45) is 1.59. The molecule has 0 bridgehead atoms. The molecule has 0 radical (unpaired) electrons. The molecule has 8 heteroatoms. The van der Waals surface area contributed by atoms with Crippen LogP contribution in [0.3, 0.4) is 0 Å². The molecule has 0 aliphatic rings. The molecule has 0 saturated heterocycles. The van der Waals surface area contributed by atoms with Crippen LogP contribution in [-0.2, 0) is 9.53 Å². The fourth-order valence-electron chi connectivity index (χ4n) is 1.62. The lowest BCUT2D eigenvalue weighted by Gasteiger charge is -2.11. The molecule has 0 atom stereocenters. The zero-order valence-electron chi connectivity index (χ0n) is 12.0. The summed E-state index contributed by atoms with van der Waals surface area (Å²) in [6.45, 7) is -0.201. The Morgan fingerprint density at radius 2 is 2.09 bits per heavy atom. The minimum atomic E-state index is -0.480. The van der Waals surface area contributed by atoms with Crippen molar-refractivity contribution in [3.63, 3.8) is 0 Å². The van der Waals surface area contributed by atoms with Crippen LogP contribution < -0.4 is 14.8 Å². The van der Waals surface area contributed by atoms with Gasteiger partial charge in [-0.15, -0.1) is 11.3 Å². The summed E-state index contributed by atoms with van der Waals surface area (Å²) < 4.78 is 15.2. The Balaban J connectivity index is 2.00. The molecule has 0 spiro atoms. The normalized spacial score (nSPS) is 9.91. The van der Waals surface area contributed by atoms with Gasteiger partial charge in [0, 0.05) is 11.6 Å². The zero-order valence-corrected chi connectivity index (χ0v) is 12.8. The second kappa shape index (κ2) is 7.41. The van der Waals surface area contributed by atoms with E-state index in [0.29, 0.717) is 22.2 Å². The standard InChI is InChI=1S/C14H14N2O5S/c1-19-11-7-9(13(18)20-2)3-4-10(11)21-8-12(17)16-14-15-5-6-22-14/h3-7H,8H2,1-2H3,(H,15,16,17). The molecule has 116 valence electrons. The highest BCUT2D eigenvalue weighted by molar-refractivity contribution is 7.13. The van der Waals surface area contributed by atoms with Crippen LogP contribution in [0.15, 0.2) is 29.8 Å². The Kier molecular flexibility index (Phi) is 5.31. The van der Waals surface area contributed by atoms with Gasteiger partial charge in [0.2, 0.25) is 0 Å². The minimum absolute atomic E-state index is 0.201. The number of ether oxygens (including phenoxy) is 3. The van der Waals surface area contributed by atoms with Crippen LogP contribution in [0.5, 0.6) is 11.5 Å². The molecule has 1 aromatic heterocycles. The van der Waals surface area contributed by atoms with Crippen LogP contribution in [0, 0.1) is 0 Å². The van der Waals surface area contributed by atoms with E-state index < -0.39 is 5.97 Å². The summed E-state index contributed by atoms with van der Waals surface area (Å²) in [7, 11) is 2.74. The Hall–Kier alpha value is -2.61. The number of thiazole rings is 1. The number of nitrogens with zero attached hydrogens (tertiary/aromatic N) is 1. The van der Waals surface area contributed by atoms with Gasteiger partial charge in [0.15, 0.2) is 23.2 Å². The lowest BCUT2D eigenvalue weighted by atomic mass is 10.2. The van der Waals surface area contributed by atoms with Gasteiger partial charge in [-0.25, -0.2) is 9.78 Å². The zero-order chi connectivity index (χ0) is 15.9. The molecule has 0 unspecified atom stereocenters. The minimum Gasteiger partial charge on any atom is -0.493 e. The quantitative estimate of drug-likeness (QED) is 0.818. The first-order valence-corrected chi connectivity index (χ1v) is 7.10. The van der Waals surface area contributed by atoms with Gasteiger partial charge >= 0.3 is 5.97 Å². The van der Waals surface area contributed by atoms with Crippen molar-refractivity contribution in [2.24, 2.45) is 0 Å². The lowest BCUT2D eigenvalue weighted by molar-refractivity contribution is -0.118. The number of methoxy groups -OCH3 is 2. The SMILES string of the molecule is COC(=O)c1ccc(OCC(=O)Nc2nccs2)c(OC)c1. The summed E-state index contributed by atoms with van der Waals surface area (Å²) in [5.41, 5.74) is 0.332. The van der Waals surface area contributed by atoms with Crippen molar-refractivity contribution >= 4 is 28.3 Å². The van der Waals surface area contributed by atoms with Crippen LogP contribution in [0.25, 0.3) is 0 Å². The molecule has 2 rings (SSSR count). The van der Waals surface area contributed by atoms with Crippen molar-refractivity contribution in [2.75, 3.05) is 26.1 Å². The molecule has 0 aliphatic carbocycles. The molecule has 7 nitrogen and oxygen atoms in total. The molecule has 1 aromatic carbocycles. The Morgan fingerprint density at radius 1 is 1.27 bits per heavy atom. The smallest absolute Gasteiger partial charge is 0.337 e. The number of hydrogen-bond acceptors (Lipinski definition) is 7. The number of nitrogens with one attached hydrogen (secondary N) is 1. The molecule has 1 N–H and O–H groups in total. The van der Waals surface area contributed by atoms with E-state index in [1.807, 2.05) is 0 Å². The van der Waals surface area contributed by atoms with Crippen molar-refractivity contribution in [2.45, 2.75) is 0 Å². The Morgan fingerprint density at radius 3 is 2.73 bits per heavy atom. The van der Waals surface area contributed by atoms with E-state index in [2.05, 4.69) is 15.0 Å². The number of esters is 1. The highest BCUT2D eigenvalue weighted by Gasteiger charge is 2.13. The number of rotatable bonds is 6. The third kappa shape index (κ3) is 3.95. The van der Waals surface area contributed by atoms with E-state index in [9.17, 15) is 9.59 Å². The van der Waals surface area contributed by atoms with Crippen molar-refractivity contribution in [1.29, 1.82) is 0 Å². The molecule has 2 aromatic rings. The molecule has 22 heavy (non-hydrogen) atoms. The number of carbonyl (C=O) groups is 2. The summed E-state index contributed by atoms with van der Waals surface area (Å²) in [6, 6.07) is 4.56. The van der Waals surface area contributed by atoms with E-state index in [-0.39, 0.29) is 12.5 Å². The van der Waals surface area contributed by atoms with Gasteiger partial charge in [-0.1, -0.05) is 0 Å². The number of hydrogen-bond donors (Lipinski definition) is 1. The Bertz CT molecular complexity index is 657. The topological polar surface area (TPSA) is 86.8 Å². The van der Waals surface area contributed by atoms with Crippen molar-refractivity contribution in [1.82, 2.24) is 4.98 Å². The predicted molar refractivity (Wildman–Crippen MR) is 80.6 cm³/mol. The highest BCUT2D eigenvalue weighted by atomic mass is 32.1. The molecule has 0 aliphatic heterocycles. The van der Waals surface area contributed by atoms with Gasteiger partial charge in [0.25, 0.3) is 5.91 Å². The second-order valence-electron chi connectivity index (χ2n) is 4.03. The maximum absolute atomic E-state index is 11.7. The average molecular weight is 322 g/mol. The number of aromatic nitrogens is 1. The molecule has 1 amide bonds. The molecule has 0 fully saturated rings. The van der Waals surface area contributed by atoms with Crippen LogP contribution >= 0.6 is 11.3 Å². The van der Waals surface area contributed by atoms with Crippen LogP contribution in [-0.4, -0.2) is 37.7 Å². The largest absolute Gasteiger partial charge is 0.493 e. The van der Waals surface area contributed by atoms with Gasteiger partial charge in [0.05, 0.1) is 19.8 Å². The number of carbonyl (C=O) groups excluding carboxylic acids is 2. The number of amides is 1. The summed E-state index contributed by atoms with van der Waals surface area (Å²) in [5.74, 6) is -0.130. The van der Waals surface area contributed by atoms with Gasteiger partial charge in [0.1, 0.15) is 0 Å². The third-order valence-corrected chi connectivity index (χ3v) is 3.31. The summed E-state index contributed by atoms with van der Waals surface area (Å²) >= 11 is 1.31. The second-order valence-corrected chi connectivity index (χ2v) is 4.93. The van der Waals surface area contributed by atoms with E-state index in [0.717, 1.165) is 0 Å².